The molecule has 0 radical (unpaired) electrons. The lowest BCUT2D eigenvalue weighted by Crippen LogP contribution is -2.32. The van der Waals surface area contributed by atoms with Crippen LogP contribution in [0.5, 0.6) is 11.5 Å². The van der Waals surface area contributed by atoms with Crippen LogP contribution in [0.3, 0.4) is 0 Å². The molecule has 2 N–H and O–H groups in total. The van der Waals surface area contributed by atoms with Gasteiger partial charge in [-0.3, -0.25) is 9.79 Å². The van der Waals surface area contributed by atoms with Gasteiger partial charge in [0.2, 0.25) is 0 Å². The standard InChI is InChI=1S/C26H29F3N2O4/c1-25(2)14-19(30-11-10-16-8-9-21(34-3)22(12-16)35-4)23(20(32)15-25)24(33)31-18-7-5-6-17(13-18)26(27,28)29/h5-9,12-13,32H,10-11,14-15H2,1-4H3,(H,31,33). The summed E-state index contributed by atoms with van der Waals surface area (Å²) in [6.07, 6.45) is -3.29. The summed E-state index contributed by atoms with van der Waals surface area (Å²) in [5, 5.41) is 13.2. The van der Waals surface area contributed by atoms with E-state index in [1.54, 1.807) is 20.3 Å². The first kappa shape index (κ1) is 26.1. The zero-order valence-corrected chi connectivity index (χ0v) is 20.1. The zero-order chi connectivity index (χ0) is 25.8. The van der Waals surface area contributed by atoms with Crippen molar-refractivity contribution in [3.05, 3.63) is 64.9 Å². The summed E-state index contributed by atoms with van der Waals surface area (Å²) in [6, 6.07) is 9.90. The van der Waals surface area contributed by atoms with Crippen LogP contribution in [0.1, 0.15) is 37.8 Å². The SMILES string of the molecule is COc1ccc(CCN=C2CC(C)(C)CC(O)=C2C(=O)Nc2cccc(C(F)(F)F)c2)cc1OC. The number of aliphatic hydroxyl groups is 1. The molecule has 0 unspecified atom stereocenters. The average Bonchev–Trinajstić information content (AvgIpc) is 2.77. The van der Waals surface area contributed by atoms with Crippen LogP contribution in [-0.4, -0.2) is 37.5 Å². The molecule has 188 valence electrons. The molecule has 6 nitrogen and oxygen atoms in total. The van der Waals surface area contributed by atoms with Crippen LogP contribution in [0.4, 0.5) is 18.9 Å². The first-order chi connectivity index (χ1) is 16.4. The Kier molecular flexibility index (Phi) is 7.77. The van der Waals surface area contributed by atoms with E-state index in [4.69, 9.17) is 9.47 Å². The summed E-state index contributed by atoms with van der Waals surface area (Å²) >= 11 is 0. The number of aliphatic imine (C=N–C) groups is 1. The number of allylic oxidation sites excluding steroid dienone is 1. The summed E-state index contributed by atoms with van der Waals surface area (Å²) in [4.78, 5) is 17.6. The van der Waals surface area contributed by atoms with E-state index in [-0.39, 0.29) is 28.9 Å². The quantitative estimate of drug-likeness (QED) is 0.501. The Labute approximate surface area is 202 Å². The van der Waals surface area contributed by atoms with Crippen LogP contribution in [-0.2, 0) is 17.4 Å². The number of nitrogens with zero attached hydrogens (tertiary/aromatic N) is 1. The Bertz CT molecular complexity index is 1150. The first-order valence-corrected chi connectivity index (χ1v) is 11.1. The fourth-order valence-corrected chi connectivity index (χ4v) is 4.03. The molecule has 0 saturated heterocycles. The number of halogens is 3. The maximum atomic E-state index is 13.0. The van der Waals surface area contributed by atoms with E-state index < -0.39 is 17.6 Å². The zero-order valence-electron chi connectivity index (χ0n) is 20.1. The topological polar surface area (TPSA) is 80.2 Å². The Morgan fingerprint density at radius 2 is 1.80 bits per heavy atom. The van der Waals surface area contributed by atoms with E-state index in [2.05, 4.69) is 10.3 Å². The number of alkyl halides is 3. The molecule has 0 atom stereocenters. The van der Waals surface area contributed by atoms with Gasteiger partial charge in [0.1, 0.15) is 5.76 Å². The lowest BCUT2D eigenvalue weighted by atomic mass is 9.76. The molecule has 1 amide bonds. The monoisotopic (exact) mass is 490 g/mol. The Morgan fingerprint density at radius 3 is 2.46 bits per heavy atom. The molecule has 2 aromatic carbocycles. The van der Waals surface area contributed by atoms with Crippen LogP contribution in [0.15, 0.2) is 58.8 Å². The van der Waals surface area contributed by atoms with Gasteiger partial charge in [-0.2, -0.15) is 13.2 Å². The minimum absolute atomic E-state index is 0.00838. The molecular formula is C26H29F3N2O4. The number of methoxy groups -OCH3 is 2. The van der Waals surface area contributed by atoms with Crippen molar-refractivity contribution in [1.82, 2.24) is 0 Å². The van der Waals surface area contributed by atoms with Gasteiger partial charge in [0.25, 0.3) is 5.91 Å². The highest BCUT2D eigenvalue weighted by atomic mass is 19.4. The van der Waals surface area contributed by atoms with Gasteiger partial charge in [-0.05, 0) is 54.2 Å². The summed E-state index contributed by atoms with van der Waals surface area (Å²) in [5.41, 5.74) is 0.163. The molecule has 0 spiro atoms. The van der Waals surface area contributed by atoms with E-state index in [0.717, 1.165) is 17.7 Å². The van der Waals surface area contributed by atoms with Crippen molar-refractivity contribution in [2.24, 2.45) is 10.4 Å². The number of carbonyl (C=O) groups excluding carboxylic acids is 1. The van der Waals surface area contributed by atoms with Crippen LogP contribution in [0.25, 0.3) is 0 Å². The molecule has 3 rings (SSSR count). The minimum Gasteiger partial charge on any atom is -0.511 e. The lowest BCUT2D eigenvalue weighted by Gasteiger charge is -2.31. The number of rotatable bonds is 7. The van der Waals surface area contributed by atoms with Gasteiger partial charge in [0, 0.05) is 18.7 Å². The van der Waals surface area contributed by atoms with Gasteiger partial charge in [0.05, 0.1) is 31.1 Å². The van der Waals surface area contributed by atoms with Gasteiger partial charge in [-0.15, -0.1) is 0 Å². The molecule has 0 fully saturated rings. The largest absolute Gasteiger partial charge is 0.511 e. The number of carbonyl (C=O) groups is 1. The summed E-state index contributed by atoms with van der Waals surface area (Å²) in [7, 11) is 3.11. The van der Waals surface area contributed by atoms with Crippen molar-refractivity contribution in [3.63, 3.8) is 0 Å². The van der Waals surface area contributed by atoms with Gasteiger partial charge in [0.15, 0.2) is 11.5 Å². The maximum Gasteiger partial charge on any atom is 0.416 e. The molecule has 0 heterocycles. The fourth-order valence-electron chi connectivity index (χ4n) is 4.03. The molecule has 1 aliphatic carbocycles. The van der Waals surface area contributed by atoms with Gasteiger partial charge in [-0.25, -0.2) is 0 Å². The first-order valence-electron chi connectivity index (χ1n) is 11.1. The summed E-state index contributed by atoms with van der Waals surface area (Å²) in [6.45, 7) is 4.25. The third kappa shape index (κ3) is 6.55. The molecule has 0 bridgehead atoms. The number of hydrogen-bond acceptors (Lipinski definition) is 5. The number of benzene rings is 2. The third-order valence-electron chi connectivity index (χ3n) is 5.70. The normalized spacial score (nSPS) is 16.8. The maximum absolute atomic E-state index is 13.0. The molecule has 1 aliphatic rings. The number of ether oxygens (including phenoxy) is 2. The van der Waals surface area contributed by atoms with Crippen LogP contribution in [0.2, 0.25) is 0 Å². The summed E-state index contributed by atoms with van der Waals surface area (Å²) in [5.74, 6) is 0.380. The van der Waals surface area contributed by atoms with Crippen LogP contribution < -0.4 is 14.8 Å². The number of anilines is 1. The minimum atomic E-state index is -4.53. The molecule has 0 aliphatic heterocycles. The van der Waals surface area contributed by atoms with Crippen molar-refractivity contribution in [2.45, 2.75) is 39.3 Å². The van der Waals surface area contributed by atoms with Crippen molar-refractivity contribution in [3.8, 4) is 11.5 Å². The van der Waals surface area contributed by atoms with Crippen LogP contribution in [0, 0.1) is 5.41 Å². The average molecular weight is 491 g/mol. The predicted molar refractivity (Wildman–Crippen MR) is 128 cm³/mol. The second kappa shape index (κ2) is 10.4. The smallest absolute Gasteiger partial charge is 0.416 e. The van der Waals surface area contributed by atoms with Crippen LogP contribution >= 0.6 is 0 Å². The fraction of sp³-hybridized carbons (Fsp3) is 0.385. The van der Waals surface area contributed by atoms with Crippen molar-refractivity contribution >= 4 is 17.3 Å². The Hall–Kier alpha value is -3.49. The van der Waals surface area contributed by atoms with E-state index in [9.17, 15) is 23.1 Å². The van der Waals surface area contributed by atoms with E-state index >= 15 is 0 Å². The highest BCUT2D eigenvalue weighted by molar-refractivity contribution is 6.26. The van der Waals surface area contributed by atoms with Crippen molar-refractivity contribution in [1.29, 1.82) is 0 Å². The number of nitrogens with one attached hydrogen (secondary N) is 1. The number of aliphatic hydroxyl groups excluding tert-OH is 1. The molecular weight excluding hydrogens is 461 g/mol. The van der Waals surface area contributed by atoms with E-state index in [1.807, 2.05) is 26.0 Å². The lowest BCUT2D eigenvalue weighted by molar-refractivity contribution is -0.137. The molecule has 9 heteroatoms. The molecule has 0 aromatic heterocycles. The Morgan fingerprint density at radius 1 is 1.09 bits per heavy atom. The predicted octanol–water partition coefficient (Wildman–Crippen LogP) is 5.98. The molecule has 35 heavy (non-hydrogen) atoms. The Balaban J connectivity index is 1.82. The second-order valence-electron chi connectivity index (χ2n) is 9.14. The van der Waals surface area contributed by atoms with Gasteiger partial charge < -0.3 is 19.9 Å². The van der Waals surface area contributed by atoms with Gasteiger partial charge >= 0.3 is 6.18 Å². The number of amides is 1. The second-order valence-corrected chi connectivity index (χ2v) is 9.14. The highest BCUT2D eigenvalue weighted by Crippen LogP contribution is 2.37. The third-order valence-corrected chi connectivity index (χ3v) is 5.70. The highest BCUT2D eigenvalue weighted by Gasteiger charge is 2.35. The number of hydrogen-bond donors (Lipinski definition) is 2. The van der Waals surface area contributed by atoms with Crippen molar-refractivity contribution < 1.29 is 32.5 Å². The van der Waals surface area contributed by atoms with E-state index in [1.165, 1.54) is 12.1 Å². The summed E-state index contributed by atoms with van der Waals surface area (Å²) < 4.78 is 49.7. The molecule has 0 saturated carbocycles. The molecule has 2 aromatic rings. The van der Waals surface area contributed by atoms with E-state index in [0.29, 0.717) is 36.6 Å². The van der Waals surface area contributed by atoms with Crippen molar-refractivity contribution in [2.75, 3.05) is 26.1 Å². The van der Waals surface area contributed by atoms with Gasteiger partial charge in [-0.1, -0.05) is 26.0 Å².